The molecule has 2 aliphatic rings. The summed E-state index contributed by atoms with van der Waals surface area (Å²) in [6.07, 6.45) is 8.36. The van der Waals surface area contributed by atoms with Gasteiger partial charge in [-0.05, 0) is 25.7 Å². The van der Waals surface area contributed by atoms with E-state index in [1.54, 1.807) is 4.31 Å². The molecule has 0 aromatic heterocycles. The summed E-state index contributed by atoms with van der Waals surface area (Å²) in [4.78, 5) is 0. The molecular weight excluding hydrogens is 250 g/mol. The fourth-order valence-electron chi connectivity index (χ4n) is 2.86. The minimum absolute atomic E-state index is 0.332. The molecule has 0 aromatic carbocycles. The maximum atomic E-state index is 12.1. The Balaban J connectivity index is 1.87. The zero-order chi connectivity index (χ0) is 13.1. The van der Waals surface area contributed by atoms with Crippen LogP contribution in [0, 0.1) is 0 Å². The Kier molecular flexibility index (Phi) is 4.64. The van der Waals surface area contributed by atoms with E-state index in [2.05, 4.69) is 4.72 Å². The van der Waals surface area contributed by atoms with Gasteiger partial charge < -0.3 is 5.73 Å². The van der Waals surface area contributed by atoms with Crippen molar-refractivity contribution < 1.29 is 8.42 Å². The van der Waals surface area contributed by atoms with Crippen molar-refractivity contribution in [2.24, 2.45) is 5.73 Å². The van der Waals surface area contributed by atoms with E-state index in [9.17, 15) is 8.42 Å². The van der Waals surface area contributed by atoms with Gasteiger partial charge >= 0.3 is 0 Å². The normalized spacial score (nSPS) is 26.1. The van der Waals surface area contributed by atoms with Crippen molar-refractivity contribution in [2.45, 2.75) is 56.9 Å². The van der Waals surface area contributed by atoms with Crippen molar-refractivity contribution >= 4 is 10.2 Å². The first-order valence-corrected chi connectivity index (χ1v) is 8.50. The Hall–Kier alpha value is -0.170. The Labute approximate surface area is 110 Å². The standard InChI is InChI=1S/C12H25N3O2S/c13-12(7-3-1-4-8-12)11-14-18(16,17)15-9-5-2-6-10-15/h14H,1-11,13H2. The lowest BCUT2D eigenvalue weighted by Crippen LogP contribution is -2.54. The highest BCUT2D eigenvalue weighted by Crippen LogP contribution is 2.25. The molecule has 1 saturated heterocycles. The second kappa shape index (κ2) is 5.86. The molecule has 18 heavy (non-hydrogen) atoms. The van der Waals surface area contributed by atoms with Crippen LogP contribution >= 0.6 is 0 Å². The van der Waals surface area contributed by atoms with Crippen molar-refractivity contribution in [3.05, 3.63) is 0 Å². The molecule has 6 heteroatoms. The lowest BCUT2D eigenvalue weighted by Gasteiger charge is -2.34. The van der Waals surface area contributed by atoms with E-state index in [0.717, 1.165) is 44.9 Å². The number of hydrogen-bond acceptors (Lipinski definition) is 3. The summed E-state index contributed by atoms with van der Waals surface area (Å²) in [5.74, 6) is 0. The van der Waals surface area contributed by atoms with Crippen LogP contribution < -0.4 is 10.5 Å². The summed E-state index contributed by atoms with van der Waals surface area (Å²) >= 11 is 0. The molecular formula is C12H25N3O2S. The topological polar surface area (TPSA) is 75.4 Å². The zero-order valence-electron chi connectivity index (χ0n) is 11.0. The van der Waals surface area contributed by atoms with E-state index < -0.39 is 10.2 Å². The largest absolute Gasteiger partial charge is 0.324 e. The number of piperidine rings is 1. The lowest BCUT2D eigenvalue weighted by atomic mass is 9.83. The van der Waals surface area contributed by atoms with Crippen LogP contribution in [0.1, 0.15) is 51.4 Å². The van der Waals surface area contributed by atoms with Crippen LogP contribution in [0.2, 0.25) is 0 Å². The highest BCUT2D eigenvalue weighted by molar-refractivity contribution is 7.87. The Morgan fingerprint density at radius 1 is 1.00 bits per heavy atom. The predicted octanol–water partition coefficient (Wildman–Crippen LogP) is 0.968. The number of nitrogens with zero attached hydrogens (tertiary/aromatic N) is 1. The van der Waals surface area contributed by atoms with Crippen molar-refractivity contribution in [3.63, 3.8) is 0 Å². The minimum atomic E-state index is -3.32. The lowest BCUT2D eigenvalue weighted by molar-refractivity contribution is 0.289. The molecule has 0 spiro atoms. The third-order valence-electron chi connectivity index (χ3n) is 4.11. The van der Waals surface area contributed by atoms with E-state index in [0.29, 0.717) is 19.6 Å². The molecule has 1 aliphatic carbocycles. The van der Waals surface area contributed by atoms with E-state index in [4.69, 9.17) is 5.73 Å². The molecule has 106 valence electrons. The Morgan fingerprint density at radius 2 is 1.56 bits per heavy atom. The van der Waals surface area contributed by atoms with Gasteiger partial charge in [0.2, 0.25) is 0 Å². The summed E-state index contributed by atoms with van der Waals surface area (Å²) < 4.78 is 28.5. The Morgan fingerprint density at radius 3 is 2.17 bits per heavy atom. The van der Waals surface area contributed by atoms with Gasteiger partial charge in [-0.1, -0.05) is 25.7 Å². The quantitative estimate of drug-likeness (QED) is 0.802. The van der Waals surface area contributed by atoms with Gasteiger partial charge in [-0.3, -0.25) is 0 Å². The van der Waals surface area contributed by atoms with Gasteiger partial charge in [0.1, 0.15) is 0 Å². The average Bonchev–Trinajstić information content (AvgIpc) is 2.39. The number of rotatable bonds is 4. The summed E-state index contributed by atoms with van der Waals surface area (Å²) in [5.41, 5.74) is 5.92. The molecule has 0 aromatic rings. The monoisotopic (exact) mass is 275 g/mol. The first kappa shape index (κ1) is 14.2. The van der Waals surface area contributed by atoms with Crippen LogP contribution in [0.15, 0.2) is 0 Å². The predicted molar refractivity (Wildman–Crippen MR) is 72.3 cm³/mol. The van der Waals surface area contributed by atoms with E-state index in [-0.39, 0.29) is 5.54 Å². The fraction of sp³-hybridized carbons (Fsp3) is 1.00. The fourth-order valence-corrected chi connectivity index (χ4v) is 4.26. The zero-order valence-corrected chi connectivity index (χ0v) is 11.8. The van der Waals surface area contributed by atoms with Crippen molar-refractivity contribution in [2.75, 3.05) is 19.6 Å². The molecule has 0 amide bonds. The molecule has 0 unspecified atom stereocenters. The van der Waals surface area contributed by atoms with Crippen LogP contribution in [0.4, 0.5) is 0 Å². The summed E-state index contributed by atoms with van der Waals surface area (Å²) in [6.45, 7) is 1.67. The molecule has 1 saturated carbocycles. The minimum Gasteiger partial charge on any atom is -0.324 e. The van der Waals surface area contributed by atoms with E-state index >= 15 is 0 Å². The van der Waals surface area contributed by atoms with Crippen molar-refractivity contribution in [1.82, 2.24) is 9.03 Å². The van der Waals surface area contributed by atoms with Gasteiger partial charge in [0.15, 0.2) is 0 Å². The second-order valence-corrected chi connectivity index (χ2v) is 7.46. The number of nitrogens with one attached hydrogen (secondary N) is 1. The van der Waals surface area contributed by atoms with E-state index in [1.807, 2.05) is 0 Å². The SMILES string of the molecule is NC1(CNS(=O)(=O)N2CCCCC2)CCCCC1. The second-order valence-electron chi connectivity index (χ2n) is 5.71. The average molecular weight is 275 g/mol. The number of nitrogens with two attached hydrogens (primary N) is 1. The van der Waals surface area contributed by atoms with Gasteiger partial charge in [-0.25, -0.2) is 4.72 Å². The molecule has 2 rings (SSSR count). The third-order valence-corrected chi connectivity index (χ3v) is 5.67. The Bertz CT molecular complexity index is 358. The number of hydrogen-bond donors (Lipinski definition) is 2. The third kappa shape index (κ3) is 3.66. The van der Waals surface area contributed by atoms with Crippen LogP contribution in [0.25, 0.3) is 0 Å². The highest BCUT2D eigenvalue weighted by atomic mass is 32.2. The molecule has 0 radical (unpaired) electrons. The van der Waals surface area contributed by atoms with Crippen LogP contribution in [0.5, 0.6) is 0 Å². The van der Waals surface area contributed by atoms with Gasteiger partial charge in [0.25, 0.3) is 10.2 Å². The molecule has 1 heterocycles. The van der Waals surface area contributed by atoms with Crippen molar-refractivity contribution in [3.8, 4) is 0 Å². The molecule has 5 nitrogen and oxygen atoms in total. The maximum absolute atomic E-state index is 12.1. The molecule has 0 bridgehead atoms. The van der Waals surface area contributed by atoms with Gasteiger partial charge in [0, 0.05) is 25.2 Å². The summed E-state index contributed by atoms with van der Waals surface area (Å²) in [5, 5.41) is 0. The molecule has 3 N–H and O–H groups in total. The summed E-state index contributed by atoms with van der Waals surface area (Å²) in [7, 11) is -3.32. The first-order valence-electron chi connectivity index (χ1n) is 7.06. The summed E-state index contributed by atoms with van der Waals surface area (Å²) in [6, 6.07) is 0. The maximum Gasteiger partial charge on any atom is 0.279 e. The van der Waals surface area contributed by atoms with E-state index in [1.165, 1.54) is 6.42 Å². The highest BCUT2D eigenvalue weighted by Gasteiger charge is 2.31. The van der Waals surface area contributed by atoms with Gasteiger partial charge in [-0.2, -0.15) is 12.7 Å². The molecule has 1 aliphatic heterocycles. The van der Waals surface area contributed by atoms with Crippen LogP contribution in [-0.4, -0.2) is 37.9 Å². The van der Waals surface area contributed by atoms with Gasteiger partial charge in [0.05, 0.1) is 0 Å². The van der Waals surface area contributed by atoms with Gasteiger partial charge in [-0.15, -0.1) is 0 Å². The van der Waals surface area contributed by atoms with Crippen molar-refractivity contribution in [1.29, 1.82) is 0 Å². The van der Waals surface area contributed by atoms with Crippen LogP contribution in [-0.2, 0) is 10.2 Å². The molecule has 2 fully saturated rings. The van der Waals surface area contributed by atoms with Crippen LogP contribution in [0.3, 0.4) is 0 Å². The molecule has 0 atom stereocenters. The smallest absolute Gasteiger partial charge is 0.279 e. The first-order chi connectivity index (χ1) is 8.52.